The van der Waals surface area contributed by atoms with Gasteiger partial charge in [0.05, 0.1) is 0 Å². The molecular weight excluding hydrogens is 348 g/mol. The molecule has 0 heterocycles. The lowest BCUT2D eigenvalue weighted by atomic mass is 9.55. The lowest BCUT2D eigenvalue weighted by Crippen LogP contribution is -2.42. The van der Waals surface area contributed by atoms with E-state index in [-0.39, 0.29) is 0 Å². The fourth-order valence-corrected chi connectivity index (χ4v) is 8.89. The number of hydrogen-bond donors (Lipinski definition) is 0. The molecule has 29 heavy (non-hydrogen) atoms. The first-order valence-corrected chi connectivity index (χ1v) is 11.7. The van der Waals surface area contributed by atoms with E-state index in [1.165, 1.54) is 32.1 Å². The van der Waals surface area contributed by atoms with Gasteiger partial charge in [-0.05, 0) is 87.9 Å². The summed E-state index contributed by atoms with van der Waals surface area (Å²) in [4.78, 5) is 0. The van der Waals surface area contributed by atoms with Crippen molar-refractivity contribution in [3.8, 4) is 11.1 Å². The van der Waals surface area contributed by atoms with Crippen LogP contribution in [0.1, 0.15) is 71.4 Å². The molecule has 0 amide bonds. The number of fused-ring (bicyclic) bond motifs is 5. The zero-order chi connectivity index (χ0) is 18.7. The van der Waals surface area contributed by atoms with Gasteiger partial charge < -0.3 is 0 Å². The van der Waals surface area contributed by atoms with Crippen LogP contribution >= 0.6 is 0 Å². The molecule has 8 rings (SSSR count). The Labute approximate surface area is 173 Å². The predicted octanol–water partition coefficient (Wildman–Crippen LogP) is 6.83. The van der Waals surface area contributed by atoms with Crippen molar-refractivity contribution in [3.63, 3.8) is 0 Å². The van der Waals surface area contributed by atoms with Gasteiger partial charge in [-0.2, -0.15) is 0 Å². The third kappa shape index (κ3) is 1.60. The highest BCUT2D eigenvalue weighted by atomic mass is 14.7. The Balaban J connectivity index is 1.51. The second-order valence-electron chi connectivity index (χ2n) is 10.4. The summed E-state index contributed by atoms with van der Waals surface area (Å²) in [5.74, 6) is 3.26. The van der Waals surface area contributed by atoms with Crippen LogP contribution in [0.4, 0.5) is 0 Å². The Morgan fingerprint density at radius 1 is 0.759 bits per heavy atom. The molecule has 0 bridgehead atoms. The first-order chi connectivity index (χ1) is 14.4. The summed E-state index contributed by atoms with van der Waals surface area (Å²) in [6, 6.07) is 23.8. The van der Waals surface area contributed by atoms with Gasteiger partial charge in [0.15, 0.2) is 0 Å². The van der Waals surface area contributed by atoms with Gasteiger partial charge >= 0.3 is 0 Å². The lowest BCUT2D eigenvalue weighted by Gasteiger charge is -2.48. The lowest BCUT2D eigenvalue weighted by molar-refractivity contribution is 0.254. The van der Waals surface area contributed by atoms with Crippen molar-refractivity contribution in [1.82, 2.24) is 0 Å². The van der Waals surface area contributed by atoms with Gasteiger partial charge in [-0.15, -0.1) is 0 Å². The van der Waals surface area contributed by atoms with Crippen LogP contribution in [-0.4, -0.2) is 0 Å². The molecule has 0 N–H and O–H groups in total. The monoisotopic (exact) mass is 374 g/mol. The van der Waals surface area contributed by atoms with Gasteiger partial charge in [-0.1, -0.05) is 73.5 Å². The minimum atomic E-state index is 0.321. The fourth-order valence-electron chi connectivity index (χ4n) is 8.89. The second kappa shape index (κ2) is 5.04. The molecule has 0 heteroatoms. The quantitative estimate of drug-likeness (QED) is 0.404. The SMILES string of the molecule is c1ccc2c(c1)Cc1ccc3c4c1C2C[C@H]1CC2CCCC2[C@@]41c1ccccc1-3. The van der Waals surface area contributed by atoms with Crippen molar-refractivity contribution in [2.24, 2.45) is 17.8 Å². The van der Waals surface area contributed by atoms with Gasteiger partial charge in [-0.3, -0.25) is 0 Å². The van der Waals surface area contributed by atoms with Gasteiger partial charge in [0.2, 0.25) is 0 Å². The van der Waals surface area contributed by atoms with E-state index in [9.17, 15) is 0 Å². The van der Waals surface area contributed by atoms with Crippen LogP contribution in [0.15, 0.2) is 60.7 Å². The van der Waals surface area contributed by atoms with Crippen molar-refractivity contribution in [2.75, 3.05) is 0 Å². The first kappa shape index (κ1) is 15.5. The highest BCUT2D eigenvalue weighted by molar-refractivity contribution is 5.85. The molecule has 3 aromatic rings. The molecule has 3 aromatic carbocycles. The molecule has 142 valence electrons. The van der Waals surface area contributed by atoms with E-state index in [0.29, 0.717) is 11.3 Å². The second-order valence-corrected chi connectivity index (χ2v) is 10.4. The number of rotatable bonds is 0. The molecule has 5 aliphatic rings. The molecule has 0 saturated heterocycles. The molecule has 5 atom stereocenters. The van der Waals surface area contributed by atoms with Crippen molar-refractivity contribution < 1.29 is 0 Å². The van der Waals surface area contributed by atoms with Crippen LogP contribution < -0.4 is 0 Å². The molecule has 3 unspecified atom stereocenters. The maximum atomic E-state index is 2.51. The Morgan fingerprint density at radius 2 is 1.66 bits per heavy atom. The van der Waals surface area contributed by atoms with E-state index in [1.54, 1.807) is 44.5 Å². The number of hydrogen-bond acceptors (Lipinski definition) is 0. The maximum absolute atomic E-state index is 2.51. The summed E-state index contributed by atoms with van der Waals surface area (Å²) >= 11 is 0. The highest BCUT2D eigenvalue weighted by Crippen LogP contribution is 2.72. The Kier molecular flexibility index (Phi) is 2.69. The van der Waals surface area contributed by atoms with Gasteiger partial charge in [0.1, 0.15) is 0 Å². The third-order valence-electron chi connectivity index (χ3n) is 9.57. The Bertz CT molecular complexity index is 1200. The number of benzene rings is 3. The van der Waals surface area contributed by atoms with Crippen LogP contribution in [-0.2, 0) is 11.8 Å². The highest BCUT2D eigenvalue weighted by Gasteiger charge is 2.64. The summed E-state index contributed by atoms with van der Waals surface area (Å²) in [5.41, 5.74) is 13.5. The van der Waals surface area contributed by atoms with E-state index in [1.807, 2.05) is 0 Å². The predicted molar refractivity (Wildman–Crippen MR) is 117 cm³/mol. The molecule has 1 spiro atoms. The zero-order valence-corrected chi connectivity index (χ0v) is 16.8. The zero-order valence-electron chi connectivity index (χ0n) is 16.8. The molecule has 2 fully saturated rings. The molecule has 5 aliphatic carbocycles. The van der Waals surface area contributed by atoms with E-state index in [0.717, 1.165) is 24.2 Å². The van der Waals surface area contributed by atoms with E-state index in [2.05, 4.69) is 60.7 Å². The standard InChI is InChI=1S/C29H26/c1-2-8-21-17(6-1)14-19-12-13-23-22-9-3-4-10-26(22)29-20(15-18-7-5-11-25(18)29)16-24(21)27(19)28(23)29/h1-4,6,8-10,12-13,18,20,24-25H,5,7,11,14-16H2/t18?,20-,24?,25?,29+/m1/s1. The fraction of sp³-hybridized carbons (Fsp3) is 0.379. The molecule has 2 saturated carbocycles. The normalized spacial score (nSPS) is 34.2. The summed E-state index contributed by atoms with van der Waals surface area (Å²) in [6.07, 6.45) is 8.31. The van der Waals surface area contributed by atoms with Crippen molar-refractivity contribution in [2.45, 2.75) is 49.9 Å². The van der Waals surface area contributed by atoms with Gasteiger partial charge in [0.25, 0.3) is 0 Å². The summed E-state index contributed by atoms with van der Waals surface area (Å²) in [6.45, 7) is 0. The van der Waals surface area contributed by atoms with Crippen LogP contribution in [0.5, 0.6) is 0 Å². The summed E-state index contributed by atoms with van der Waals surface area (Å²) < 4.78 is 0. The van der Waals surface area contributed by atoms with Crippen molar-refractivity contribution >= 4 is 0 Å². The van der Waals surface area contributed by atoms with Crippen LogP contribution in [0, 0.1) is 17.8 Å². The molecular formula is C29H26. The van der Waals surface area contributed by atoms with Gasteiger partial charge in [-0.25, -0.2) is 0 Å². The molecule has 0 aromatic heterocycles. The minimum Gasteiger partial charge on any atom is -0.0620 e. The van der Waals surface area contributed by atoms with Gasteiger partial charge in [0, 0.05) is 11.3 Å². The van der Waals surface area contributed by atoms with E-state index in [4.69, 9.17) is 0 Å². The smallest absolute Gasteiger partial charge is 0.0277 e. The first-order valence-electron chi connectivity index (χ1n) is 11.7. The van der Waals surface area contributed by atoms with Crippen LogP contribution in [0.25, 0.3) is 11.1 Å². The summed E-state index contributed by atoms with van der Waals surface area (Å²) in [5, 5.41) is 0. The summed E-state index contributed by atoms with van der Waals surface area (Å²) in [7, 11) is 0. The average molecular weight is 375 g/mol. The average Bonchev–Trinajstić information content (AvgIpc) is 3.42. The largest absolute Gasteiger partial charge is 0.0620 e. The van der Waals surface area contributed by atoms with Crippen molar-refractivity contribution in [1.29, 1.82) is 0 Å². The Morgan fingerprint density at radius 3 is 2.66 bits per heavy atom. The molecule has 0 radical (unpaired) electrons. The third-order valence-corrected chi connectivity index (χ3v) is 9.57. The van der Waals surface area contributed by atoms with E-state index >= 15 is 0 Å². The molecule has 0 aliphatic heterocycles. The van der Waals surface area contributed by atoms with Crippen molar-refractivity contribution in [3.05, 3.63) is 94.0 Å². The van der Waals surface area contributed by atoms with Crippen LogP contribution in [0.2, 0.25) is 0 Å². The van der Waals surface area contributed by atoms with Crippen LogP contribution in [0.3, 0.4) is 0 Å². The minimum absolute atomic E-state index is 0.321. The maximum Gasteiger partial charge on any atom is 0.0277 e. The Hall–Kier alpha value is -2.34. The van der Waals surface area contributed by atoms with E-state index < -0.39 is 0 Å². The topological polar surface area (TPSA) is 0 Å². The molecule has 0 nitrogen and oxygen atoms in total.